The molecule has 5 heteroatoms. The van der Waals surface area contributed by atoms with Crippen LogP contribution < -0.4 is 0 Å². The van der Waals surface area contributed by atoms with Gasteiger partial charge in [0.2, 0.25) is 0 Å². The molecule has 23 heavy (non-hydrogen) atoms. The molecular weight excluding hydrogens is 286 g/mol. The molecule has 1 aliphatic rings. The smallest absolute Gasteiger partial charge is 0.141 e. The van der Waals surface area contributed by atoms with Gasteiger partial charge in [-0.25, -0.2) is 9.97 Å². The van der Waals surface area contributed by atoms with E-state index in [0.29, 0.717) is 0 Å². The van der Waals surface area contributed by atoms with Gasteiger partial charge in [0, 0.05) is 50.0 Å². The van der Waals surface area contributed by atoms with Crippen molar-refractivity contribution in [2.75, 3.05) is 33.2 Å². The van der Waals surface area contributed by atoms with Gasteiger partial charge in [0.25, 0.3) is 0 Å². The summed E-state index contributed by atoms with van der Waals surface area (Å²) in [6.07, 6.45) is 3.41. The molecule has 0 atom stereocenters. The van der Waals surface area contributed by atoms with E-state index in [1.807, 2.05) is 6.20 Å². The molecular formula is C18H21N5. The molecule has 0 bridgehead atoms. The lowest BCUT2D eigenvalue weighted by atomic mass is 10.1. The topological polar surface area (TPSA) is 48.1 Å². The third-order valence-corrected chi connectivity index (χ3v) is 4.56. The number of aromatic amines is 1. The first-order valence-corrected chi connectivity index (χ1v) is 8.07. The average molecular weight is 307 g/mol. The van der Waals surface area contributed by atoms with Crippen molar-refractivity contribution in [3.63, 3.8) is 0 Å². The van der Waals surface area contributed by atoms with E-state index in [0.717, 1.165) is 49.5 Å². The third kappa shape index (κ3) is 3.11. The predicted octanol–water partition coefficient (Wildman–Crippen LogP) is 2.37. The summed E-state index contributed by atoms with van der Waals surface area (Å²) in [5.41, 5.74) is 4.53. The molecule has 1 fully saturated rings. The molecule has 3 heterocycles. The zero-order valence-electron chi connectivity index (χ0n) is 13.4. The lowest BCUT2D eigenvalue weighted by Crippen LogP contribution is -2.43. The number of nitrogens with one attached hydrogen (secondary N) is 1. The normalized spacial score (nSPS) is 16.9. The van der Waals surface area contributed by atoms with Crippen LogP contribution >= 0.6 is 0 Å². The molecule has 5 nitrogen and oxygen atoms in total. The largest absolute Gasteiger partial charge is 0.339 e. The minimum Gasteiger partial charge on any atom is -0.339 e. The number of piperazine rings is 1. The van der Waals surface area contributed by atoms with E-state index in [4.69, 9.17) is 0 Å². The summed E-state index contributed by atoms with van der Waals surface area (Å²) in [5, 5.41) is 1.05. The monoisotopic (exact) mass is 307 g/mol. The van der Waals surface area contributed by atoms with E-state index in [-0.39, 0.29) is 0 Å². The molecule has 3 aromatic rings. The van der Waals surface area contributed by atoms with Crippen LogP contribution in [0.25, 0.3) is 22.3 Å². The van der Waals surface area contributed by atoms with Crippen LogP contribution in [0.15, 0.2) is 42.9 Å². The number of benzene rings is 1. The van der Waals surface area contributed by atoms with E-state index in [1.165, 1.54) is 11.1 Å². The number of aromatic nitrogens is 3. The highest BCUT2D eigenvalue weighted by atomic mass is 15.2. The predicted molar refractivity (Wildman–Crippen MR) is 92.1 cm³/mol. The Morgan fingerprint density at radius 1 is 1.09 bits per heavy atom. The summed E-state index contributed by atoms with van der Waals surface area (Å²) >= 11 is 0. The van der Waals surface area contributed by atoms with Crippen molar-refractivity contribution >= 4 is 11.0 Å². The number of hydrogen-bond acceptors (Lipinski definition) is 4. The van der Waals surface area contributed by atoms with Crippen molar-refractivity contribution in [2.24, 2.45) is 0 Å². The highest BCUT2D eigenvalue weighted by Crippen LogP contribution is 2.23. The molecule has 118 valence electrons. The summed E-state index contributed by atoms with van der Waals surface area (Å²) in [5.74, 6) is 0. The molecule has 0 unspecified atom stereocenters. The zero-order valence-corrected chi connectivity index (χ0v) is 13.4. The maximum Gasteiger partial charge on any atom is 0.141 e. The van der Waals surface area contributed by atoms with Gasteiger partial charge in [-0.15, -0.1) is 0 Å². The molecule has 0 aliphatic carbocycles. The van der Waals surface area contributed by atoms with Gasteiger partial charge in [-0.3, -0.25) is 4.90 Å². The van der Waals surface area contributed by atoms with Crippen LogP contribution in [0.5, 0.6) is 0 Å². The number of rotatable bonds is 3. The summed E-state index contributed by atoms with van der Waals surface area (Å²) < 4.78 is 0. The van der Waals surface area contributed by atoms with Crippen LogP contribution in [0.3, 0.4) is 0 Å². The fraction of sp³-hybridized carbons (Fsp3) is 0.333. The molecule has 1 aromatic carbocycles. The Bertz CT molecular complexity index is 752. The number of fused-ring (bicyclic) bond motifs is 1. The maximum atomic E-state index is 4.25. The van der Waals surface area contributed by atoms with Crippen molar-refractivity contribution in [2.45, 2.75) is 6.54 Å². The zero-order chi connectivity index (χ0) is 15.6. The Balaban J connectivity index is 1.49. The Hall–Kier alpha value is -2.24. The Morgan fingerprint density at radius 3 is 2.61 bits per heavy atom. The van der Waals surface area contributed by atoms with E-state index >= 15 is 0 Å². The lowest BCUT2D eigenvalue weighted by molar-refractivity contribution is 0.148. The maximum absolute atomic E-state index is 4.25. The van der Waals surface area contributed by atoms with Gasteiger partial charge in [-0.2, -0.15) is 0 Å². The van der Waals surface area contributed by atoms with Gasteiger partial charge in [0.05, 0.1) is 0 Å². The second-order valence-corrected chi connectivity index (χ2v) is 6.29. The van der Waals surface area contributed by atoms with E-state index < -0.39 is 0 Å². The molecule has 1 aliphatic heterocycles. The minimum atomic E-state index is 0.886. The third-order valence-electron chi connectivity index (χ3n) is 4.56. The number of hydrogen-bond donors (Lipinski definition) is 1. The molecule has 2 aromatic heterocycles. The molecule has 0 radical (unpaired) electrons. The number of likely N-dealkylation sites (N-methyl/N-ethyl adjacent to an activating group) is 1. The molecule has 0 saturated carbocycles. The highest BCUT2D eigenvalue weighted by Gasteiger charge is 2.13. The Morgan fingerprint density at radius 2 is 1.87 bits per heavy atom. The van der Waals surface area contributed by atoms with E-state index in [1.54, 1.807) is 6.33 Å². The summed E-state index contributed by atoms with van der Waals surface area (Å²) in [7, 11) is 2.19. The van der Waals surface area contributed by atoms with Crippen molar-refractivity contribution in [1.29, 1.82) is 0 Å². The minimum absolute atomic E-state index is 0.886. The van der Waals surface area contributed by atoms with Crippen LogP contribution in [0.4, 0.5) is 0 Å². The van der Waals surface area contributed by atoms with Crippen LogP contribution in [0, 0.1) is 0 Å². The van der Waals surface area contributed by atoms with E-state index in [2.05, 4.69) is 62.1 Å². The van der Waals surface area contributed by atoms with Crippen LogP contribution in [0.2, 0.25) is 0 Å². The fourth-order valence-electron chi connectivity index (χ4n) is 3.08. The van der Waals surface area contributed by atoms with Gasteiger partial charge in [-0.1, -0.05) is 24.3 Å². The summed E-state index contributed by atoms with van der Waals surface area (Å²) in [6.45, 7) is 5.66. The summed E-state index contributed by atoms with van der Waals surface area (Å²) in [6, 6.07) is 10.9. The SMILES string of the molecule is CN1CCN(Cc2ccc(-c3cc4cncnc4[nH]3)cc2)CC1. The molecule has 0 spiro atoms. The van der Waals surface area contributed by atoms with Gasteiger partial charge in [-0.05, 0) is 24.2 Å². The molecule has 4 rings (SSSR count). The van der Waals surface area contributed by atoms with Crippen LogP contribution in [-0.4, -0.2) is 58.0 Å². The number of H-pyrrole nitrogens is 1. The Labute approximate surface area is 136 Å². The van der Waals surface area contributed by atoms with Gasteiger partial charge in [0.15, 0.2) is 0 Å². The van der Waals surface area contributed by atoms with Gasteiger partial charge < -0.3 is 9.88 Å². The first kappa shape index (κ1) is 14.4. The van der Waals surface area contributed by atoms with Crippen molar-refractivity contribution < 1.29 is 0 Å². The van der Waals surface area contributed by atoms with Gasteiger partial charge >= 0.3 is 0 Å². The fourth-order valence-corrected chi connectivity index (χ4v) is 3.08. The average Bonchev–Trinajstić information content (AvgIpc) is 3.02. The highest BCUT2D eigenvalue weighted by molar-refractivity contribution is 5.82. The van der Waals surface area contributed by atoms with Crippen LogP contribution in [-0.2, 0) is 6.54 Å². The van der Waals surface area contributed by atoms with Gasteiger partial charge in [0.1, 0.15) is 12.0 Å². The van der Waals surface area contributed by atoms with Crippen molar-refractivity contribution in [3.8, 4) is 11.3 Å². The first-order chi connectivity index (χ1) is 11.3. The molecule has 1 saturated heterocycles. The molecule has 0 amide bonds. The quantitative estimate of drug-likeness (QED) is 0.807. The van der Waals surface area contributed by atoms with Crippen LogP contribution in [0.1, 0.15) is 5.56 Å². The first-order valence-electron chi connectivity index (χ1n) is 8.07. The Kier molecular flexibility index (Phi) is 3.81. The second kappa shape index (κ2) is 6.10. The van der Waals surface area contributed by atoms with E-state index in [9.17, 15) is 0 Å². The molecule has 1 N–H and O–H groups in total. The van der Waals surface area contributed by atoms with Crippen molar-refractivity contribution in [1.82, 2.24) is 24.8 Å². The van der Waals surface area contributed by atoms with Crippen molar-refractivity contribution in [3.05, 3.63) is 48.4 Å². The summed E-state index contributed by atoms with van der Waals surface area (Å²) in [4.78, 5) is 16.6. The second-order valence-electron chi connectivity index (χ2n) is 6.29. The lowest BCUT2D eigenvalue weighted by Gasteiger charge is -2.32. The number of nitrogens with zero attached hydrogens (tertiary/aromatic N) is 4. The standard InChI is InChI=1S/C18H21N5/c1-22-6-8-23(9-7-22)12-14-2-4-15(5-3-14)17-10-16-11-19-13-20-18(16)21-17/h2-5,10-11,13H,6-9,12H2,1H3,(H,19,20,21).